The molecule has 0 N–H and O–H groups in total. The predicted octanol–water partition coefficient (Wildman–Crippen LogP) is 7.08. The summed E-state index contributed by atoms with van der Waals surface area (Å²) in [5, 5.41) is 0. The smallest absolute Gasteiger partial charge is 0.0125 e. The maximum atomic E-state index is 3.93. The van der Waals surface area contributed by atoms with Gasteiger partial charge in [-0.25, -0.2) is 0 Å². The third kappa shape index (κ3) is 6.91. The minimum absolute atomic E-state index is 0.335. The highest BCUT2D eigenvalue weighted by atomic mass is 15.2. The van der Waals surface area contributed by atoms with Crippen LogP contribution < -0.4 is 0 Å². The third-order valence-corrected chi connectivity index (χ3v) is 6.37. The normalized spacial score (nSPS) is 24.1. The summed E-state index contributed by atoms with van der Waals surface area (Å²) in [5.41, 5.74) is 3.47. The van der Waals surface area contributed by atoms with E-state index in [1.165, 1.54) is 63.6 Å². The summed E-state index contributed by atoms with van der Waals surface area (Å²) in [6.45, 7) is 15.7. The van der Waals surface area contributed by atoms with Gasteiger partial charge >= 0.3 is 0 Å². The van der Waals surface area contributed by atoms with E-state index in [0.717, 1.165) is 12.3 Å². The molecule has 0 saturated carbocycles. The standard InChI is InChI=1S/C25H41N/c1-6-21(9-8-10-23-14-12-22(7-2)13-15-23)11-16-24-17-19-26(20-18-24)25(3,4)5/h6-9,14,22,24H,2,10-13,15-20H2,1,3-5H3/b9-8-,21-6+. The molecule has 1 aliphatic heterocycles. The molecule has 0 aromatic carbocycles. The zero-order valence-corrected chi connectivity index (χ0v) is 17.8. The van der Waals surface area contributed by atoms with Crippen LogP contribution in [0.15, 0.2) is 48.1 Å². The van der Waals surface area contributed by atoms with Gasteiger partial charge in [0.25, 0.3) is 0 Å². The van der Waals surface area contributed by atoms with Gasteiger partial charge < -0.3 is 0 Å². The van der Waals surface area contributed by atoms with Crippen LogP contribution in [-0.4, -0.2) is 23.5 Å². The zero-order chi connectivity index (χ0) is 19.0. The van der Waals surface area contributed by atoms with Crippen LogP contribution in [0.1, 0.15) is 79.1 Å². The van der Waals surface area contributed by atoms with Gasteiger partial charge in [-0.3, -0.25) is 4.90 Å². The molecular weight excluding hydrogens is 314 g/mol. The molecular formula is C25H41N. The lowest BCUT2D eigenvalue weighted by Gasteiger charge is -2.41. The Labute approximate surface area is 162 Å². The maximum Gasteiger partial charge on any atom is 0.0125 e. The predicted molar refractivity (Wildman–Crippen MR) is 116 cm³/mol. The molecule has 0 amide bonds. The Morgan fingerprint density at radius 1 is 1.23 bits per heavy atom. The van der Waals surface area contributed by atoms with Crippen LogP contribution in [0.5, 0.6) is 0 Å². The minimum atomic E-state index is 0.335. The third-order valence-electron chi connectivity index (χ3n) is 6.37. The van der Waals surface area contributed by atoms with Crippen molar-refractivity contribution in [1.29, 1.82) is 0 Å². The Morgan fingerprint density at radius 2 is 1.96 bits per heavy atom. The van der Waals surface area contributed by atoms with Gasteiger partial charge in [0, 0.05) is 5.54 Å². The minimum Gasteiger partial charge on any atom is -0.298 e. The molecule has 1 unspecified atom stereocenters. The SMILES string of the molecule is C=CC1CC=C(C/C=C\C(=C/C)CCC2CCN(C(C)(C)C)CC2)CC1. The Bertz CT molecular complexity index is 521. The molecule has 1 fully saturated rings. The van der Waals surface area contributed by atoms with Gasteiger partial charge in [-0.05, 0) is 104 Å². The molecule has 1 heteroatoms. The van der Waals surface area contributed by atoms with Crippen molar-refractivity contribution in [3.05, 3.63) is 48.1 Å². The molecule has 1 heterocycles. The van der Waals surface area contributed by atoms with Gasteiger partial charge in [0.2, 0.25) is 0 Å². The van der Waals surface area contributed by atoms with Crippen LogP contribution in [0.2, 0.25) is 0 Å². The summed E-state index contributed by atoms with van der Waals surface area (Å²) in [5.74, 6) is 1.62. The first-order valence-electron chi connectivity index (χ1n) is 10.8. The van der Waals surface area contributed by atoms with Gasteiger partial charge in [0.05, 0.1) is 0 Å². The summed E-state index contributed by atoms with van der Waals surface area (Å²) < 4.78 is 0. The fourth-order valence-electron chi connectivity index (χ4n) is 4.26. The molecule has 0 aromatic heterocycles. The summed E-state index contributed by atoms with van der Waals surface area (Å²) in [7, 11) is 0. The highest BCUT2D eigenvalue weighted by Gasteiger charge is 2.26. The van der Waals surface area contributed by atoms with Crippen molar-refractivity contribution < 1.29 is 0 Å². The van der Waals surface area contributed by atoms with E-state index in [4.69, 9.17) is 0 Å². The second-order valence-electron chi connectivity index (χ2n) is 9.24. The van der Waals surface area contributed by atoms with E-state index in [0.29, 0.717) is 11.5 Å². The Kier molecular flexibility index (Phi) is 8.41. The van der Waals surface area contributed by atoms with E-state index in [1.807, 2.05) is 0 Å². The molecule has 1 nitrogen and oxygen atoms in total. The summed E-state index contributed by atoms with van der Waals surface area (Å²) >= 11 is 0. The number of nitrogens with zero attached hydrogens (tertiary/aromatic N) is 1. The number of rotatable bonds is 7. The number of piperidine rings is 1. The molecule has 2 aliphatic rings. The summed E-state index contributed by atoms with van der Waals surface area (Å²) in [4.78, 5) is 2.65. The maximum absolute atomic E-state index is 3.93. The van der Waals surface area contributed by atoms with Gasteiger partial charge in [-0.2, -0.15) is 0 Å². The second kappa shape index (κ2) is 10.3. The Balaban J connectivity index is 1.70. The van der Waals surface area contributed by atoms with Crippen molar-refractivity contribution >= 4 is 0 Å². The van der Waals surface area contributed by atoms with Crippen molar-refractivity contribution in [1.82, 2.24) is 4.90 Å². The van der Waals surface area contributed by atoms with Gasteiger partial charge in [-0.1, -0.05) is 41.5 Å². The van der Waals surface area contributed by atoms with E-state index in [2.05, 4.69) is 69.6 Å². The summed E-state index contributed by atoms with van der Waals surface area (Å²) in [6.07, 6.45) is 21.8. The number of allylic oxidation sites excluding steroid dienone is 7. The number of likely N-dealkylation sites (tertiary alicyclic amines) is 1. The molecule has 26 heavy (non-hydrogen) atoms. The number of hydrogen-bond acceptors (Lipinski definition) is 1. The monoisotopic (exact) mass is 355 g/mol. The molecule has 2 rings (SSSR count). The van der Waals surface area contributed by atoms with Gasteiger partial charge in [0.1, 0.15) is 0 Å². The van der Waals surface area contributed by atoms with E-state index in [1.54, 1.807) is 5.57 Å². The molecule has 0 aromatic rings. The fraction of sp³-hybridized carbons (Fsp3) is 0.680. The van der Waals surface area contributed by atoms with Crippen molar-refractivity contribution in [3.8, 4) is 0 Å². The van der Waals surface area contributed by atoms with E-state index in [-0.39, 0.29) is 0 Å². The van der Waals surface area contributed by atoms with Crippen LogP contribution in [0, 0.1) is 11.8 Å². The zero-order valence-electron chi connectivity index (χ0n) is 17.8. The summed E-state index contributed by atoms with van der Waals surface area (Å²) in [6, 6.07) is 0. The van der Waals surface area contributed by atoms with Crippen LogP contribution in [0.25, 0.3) is 0 Å². The molecule has 146 valence electrons. The fourth-order valence-corrected chi connectivity index (χ4v) is 4.26. The molecule has 0 bridgehead atoms. The van der Waals surface area contributed by atoms with Gasteiger partial charge in [0.15, 0.2) is 0 Å². The Morgan fingerprint density at radius 3 is 2.50 bits per heavy atom. The van der Waals surface area contributed by atoms with Crippen molar-refractivity contribution in [3.63, 3.8) is 0 Å². The second-order valence-corrected chi connectivity index (χ2v) is 9.24. The quantitative estimate of drug-likeness (QED) is 0.348. The van der Waals surface area contributed by atoms with Crippen LogP contribution >= 0.6 is 0 Å². The van der Waals surface area contributed by atoms with E-state index in [9.17, 15) is 0 Å². The first-order valence-corrected chi connectivity index (χ1v) is 10.8. The number of hydrogen-bond donors (Lipinski definition) is 0. The average Bonchev–Trinajstić information content (AvgIpc) is 2.64. The van der Waals surface area contributed by atoms with Crippen LogP contribution in [0.4, 0.5) is 0 Å². The highest BCUT2D eigenvalue weighted by Crippen LogP contribution is 2.29. The molecule has 1 saturated heterocycles. The first kappa shape index (κ1) is 21.2. The van der Waals surface area contributed by atoms with E-state index >= 15 is 0 Å². The van der Waals surface area contributed by atoms with Crippen LogP contribution in [0.3, 0.4) is 0 Å². The van der Waals surface area contributed by atoms with Crippen molar-refractivity contribution in [2.45, 2.75) is 84.6 Å². The first-order chi connectivity index (χ1) is 12.4. The molecule has 1 atom stereocenters. The van der Waals surface area contributed by atoms with Gasteiger partial charge in [-0.15, -0.1) is 6.58 Å². The Hall–Kier alpha value is -1.08. The van der Waals surface area contributed by atoms with Crippen molar-refractivity contribution in [2.24, 2.45) is 11.8 Å². The molecule has 0 radical (unpaired) electrons. The highest BCUT2D eigenvalue weighted by molar-refractivity contribution is 5.21. The lowest BCUT2D eigenvalue weighted by molar-refractivity contribution is 0.0855. The lowest BCUT2D eigenvalue weighted by atomic mass is 9.87. The van der Waals surface area contributed by atoms with Crippen LogP contribution in [-0.2, 0) is 0 Å². The lowest BCUT2D eigenvalue weighted by Crippen LogP contribution is -2.46. The van der Waals surface area contributed by atoms with E-state index < -0.39 is 0 Å². The van der Waals surface area contributed by atoms with Crippen molar-refractivity contribution in [2.75, 3.05) is 13.1 Å². The molecule has 1 aliphatic carbocycles. The molecule has 0 spiro atoms. The average molecular weight is 356 g/mol. The largest absolute Gasteiger partial charge is 0.298 e. The topological polar surface area (TPSA) is 3.24 Å².